The average molecular weight is 411 g/mol. The highest BCUT2D eigenvalue weighted by atomic mass is 32.2. The smallest absolute Gasteiger partial charge is 0.262 e. The fourth-order valence-corrected chi connectivity index (χ4v) is 3.92. The Kier molecular flexibility index (Phi) is 4.81. The summed E-state index contributed by atoms with van der Waals surface area (Å²) in [6.07, 6.45) is 3.26. The third kappa shape index (κ3) is 3.59. The predicted molar refractivity (Wildman–Crippen MR) is 108 cm³/mol. The first-order valence-corrected chi connectivity index (χ1v) is 10.0. The molecule has 9 heteroatoms. The molecular weight excluding hydrogens is 394 g/mol. The van der Waals surface area contributed by atoms with Gasteiger partial charge in [-0.05, 0) is 36.4 Å². The number of nitrogens with one attached hydrogen (secondary N) is 1. The molecule has 2 heterocycles. The predicted octanol–water partition coefficient (Wildman–Crippen LogP) is 3.71. The van der Waals surface area contributed by atoms with E-state index >= 15 is 0 Å². The van der Waals surface area contributed by atoms with Crippen molar-refractivity contribution in [3.63, 3.8) is 0 Å². The van der Waals surface area contributed by atoms with Crippen LogP contribution in [0.5, 0.6) is 11.5 Å². The maximum Gasteiger partial charge on any atom is 0.262 e. The van der Waals surface area contributed by atoms with Gasteiger partial charge in [-0.25, -0.2) is 13.4 Å². The molecule has 2 aromatic heterocycles. The summed E-state index contributed by atoms with van der Waals surface area (Å²) < 4.78 is 44.5. The average Bonchev–Trinajstić information content (AvgIpc) is 3.19. The number of hydrogen-bond donors (Lipinski definition) is 1. The molecule has 4 rings (SSSR count). The lowest BCUT2D eigenvalue weighted by Crippen LogP contribution is -2.13. The molecule has 2 aromatic carbocycles. The number of para-hydroxylation sites is 1. The highest BCUT2D eigenvalue weighted by molar-refractivity contribution is 7.92. The topological polar surface area (TPSA) is 104 Å². The summed E-state index contributed by atoms with van der Waals surface area (Å²) in [6.45, 7) is 0. The van der Waals surface area contributed by atoms with E-state index in [1.807, 2.05) is 0 Å². The van der Waals surface area contributed by atoms with Crippen molar-refractivity contribution in [1.82, 2.24) is 9.97 Å². The molecule has 148 valence electrons. The standard InChI is InChI=1S/C20H17N3O5S/c1-26-16-7-6-14(12-18(16)27-2)29(24,25)23-15-4-3-5-17-19(15)22-20(28-17)13-8-10-21-11-9-13/h3-12,23H,1-2H3. The maximum absolute atomic E-state index is 12.9. The lowest BCUT2D eigenvalue weighted by atomic mass is 10.3. The first kappa shape index (κ1) is 18.8. The molecular formula is C20H17N3O5S. The summed E-state index contributed by atoms with van der Waals surface area (Å²) in [7, 11) is -0.970. The van der Waals surface area contributed by atoms with Gasteiger partial charge in [0.2, 0.25) is 5.89 Å². The third-order valence-corrected chi connectivity index (χ3v) is 5.62. The van der Waals surface area contributed by atoms with Crippen LogP contribution >= 0.6 is 0 Å². The van der Waals surface area contributed by atoms with Crippen LogP contribution in [-0.4, -0.2) is 32.6 Å². The van der Waals surface area contributed by atoms with E-state index in [0.717, 1.165) is 5.56 Å². The molecule has 0 aliphatic rings. The number of aromatic nitrogens is 2. The second-order valence-electron chi connectivity index (χ2n) is 6.03. The van der Waals surface area contributed by atoms with Gasteiger partial charge in [0.15, 0.2) is 17.1 Å². The van der Waals surface area contributed by atoms with Gasteiger partial charge in [-0.3, -0.25) is 9.71 Å². The van der Waals surface area contributed by atoms with Crippen molar-refractivity contribution in [2.45, 2.75) is 4.90 Å². The van der Waals surface area contributed by atoms with Gasteiger partial charge in [0, 0.05) is 24.0 Å². The van der Waals surface area contributed by atoms with Gasteiger partial charge >= 0.3 is 0 Å². The molecule has 0 atom stereocenters. The SMILES string of the molecule is COc1ccc(S(=O)(=O)Nc2cccc3oc(-c4ccncc4)nc23)cc1OC. The van der Waals surface area contributed by atoms with Crippen LogP contribution in [0.15, 0.2) is 70.2 Å². The van der Waals surface area contributed by atoms with E-state index in [9.17, 15) is 8.42 Å². The minimum absolute atomic E-state index is 0.0324. The number of benzene rings is 2. The van der Waals surface area contributed by atoms with E-state index in [2.05, 4.69) is 14.7 Å². The van der Waals surface area contributed by atoms with Crippen LogP contribution in [0, 0.1) is 0 Å². The summed E-state index contributed by atoms with van der Waals surface area (Å²) >= 11 is 0. The summed E-state index contributed by atoms with van der Waals surface area (Å²) in [6, 6.07) is 12.9. The lowest BCUT2D eigenvalue weighted by molar-refractivity contribution is 0.354. The molecule has 0 fully saturated rings. The number of fused-ring (bicyclic) bond motifs is 1. The Morgan fingerprint density at radius 2 is 1.72 bits per heavy atom. The minimum Gasteiger partial charge on any atom is -0.493 e. The summed E-state index contributed by atoms with van der Waals surface area (Å²) in [5.74, 6) is 1.13. The molecule has 0 bridgehead atoms. The van der Waals surface area contributed by atoms with Crippen molar-refractivity contribution in [3.8, 4) is 23.0 Å². The number of pyridine rings is 1. The second kappa shape index (κ2) is 7.44. The minimum atomic E-state index is -3.89. The molecule has 1 N–H and O–H groups in total. The van der Waals surface area contributed by atoms with Crippen molar-refractivity contribution in [2.24, 2.45) is 0 Å². The molecule has 0 saturated carbocycles. The Labute approximate surface area is 167 Å². The molecule has 0 aliphatic heterocycles. The molecule has 0 radical (unpaired) electrons. The molecule has 4 aromatic rings. The van der Waals surface area contributed by atoms with Gasteiger partial charge in [0.1, 0.15) is 5.52 Å². The maximum atomic E-state index is 12.9. The number of sulfonamides is 1. The van der Waals surface area contributed by atoms with Crippen LogP contribution in [0.1, 0.15) is 0 Å². The highest BCUT2D eigenvalue weighted by Crippen LogP contribution is 2.32. The van der Waals surface area contributed by atoms with Crippen LogP contribution < -0.4 is 14.2 Å². The molecule has 0 spiro atoms. The fourth-order valence-electron chi connectivity index (χ4n) is 2.84. The van der Waals surface area contributed by atoms with E-state index in [4.69, 9.17) is 13.9 Å². The number of ether oxygens (including phenoxy) is 2. The van der Waals surface area contributed by atoms with Crippen LogP contribution in [0.2, 0.25) is 0 Å². The monoisotopic (exact) mass is 411 g/mol. The van der Waals surface area contributed by atoms with Gasteiger partial charge in [-0.1, -0.05) is 6.07 Å². The fraction of sp³-hybridized carbons (Fsp3) is 0.100. The molecule has 29 heavy (non-hydrogen) atoms. The normalized spacial score (nSPS) is 11.4. The van der Waals surface area contributed by atoms with Crippen LogP contribution in [0.25, 0.3) is 22.6 Å². The van der Waals surface area contributed by atoms with E-state index in [1.165, 1.54) is 32.4 Å². The van der Waals surface area contributed by atoms with Crippen LogP contribution in [0.4, 0.5) is 5.69 Å². The Balaban J connectivity index is 1.73. The van der Waals surface area contributed by atoms with Crippen molar-refractivity contribution >= 4 is 26.8 Å². The van der Waals surface area contributed by atoms with Gasteiger partial charge in [0.25, 0.3) is 10.0 Å². The molecule has 8 nitrogen and oxygen atoms in total. The Bertz CT molecular complexity index is 1270. The lowest BCUT2D eigenvalue weighted by Gasteiger charge is -2.11. The number of methoxy groups -OCH3 is 2. The molecule has 0 saturated heterocycles. The van der Waals surface area contributed by atoms with Gasteiger partial charge < -0.3 is 13.9 Å². The Hall–Kier alpha value is -3.59. The molecule has 0 unspecified atom stereocenters. The van der Waals surface area contributed by atoms with Crippen molar-refractivity contribution in [2.75, 3.05) is 18.9 Å². The van der Waals surface area contributed by atoms with E-state index < -0.39 is 10.0 Å². The zero-order chi connectivity index (χ0) is 20.4. The van der Waals surface area contributed by atoms with Crippen molar-refractivity contribution in [3.05, 3.63) is 60.9 Å². The van der Waals surface area contributed by atoms with E-state index in [0.29, 0.717) is 34.2 Å². The van der Waals surface area contributed by atoms with Gasteiger partial charge in [-0.15, -0.1) is 0 Å². The first-order chi connectivity index (χ1) is 14.0. The number of rotatable bonds is 6. The number of nitrogens with zero attached hydrogens (tertiary/aromatic N) is 2. The third-order valence-electron chi connectivity index (χ3n) is 4.26. The van der Waals surface area contributed by atoms with Gasteiger partial charge in [-0.2, -0.15) is 0 Å². The van der Waals surface area contributed by atoms with Crippen LogP contribution in [0.3, 0.4) is 0 Å². The quantitative estimate of drug-likeness (QED) is 0.516. The first-order valence-electron chi connectivity index (χ1n) is 8.56. The number of hydrogen-bond acceptors (Lipinski definition) is 7. The molecule has 0 aliphatic carbocycles. The number of anilines is 1. The second-order valence-corrected chi connectivity index (χ2v) is 7.71. The zero-order valence-electron chi connectivity index (χ0n) is 15.6. The Morgan fingerprint density at radius 3 is 2.45 bits per heavy atom. The highest BCUT2D eigenvalue weighted by Gasteiger charge is 2.20. The van der Waals surface area contributed by atoms with Gasteiger partial charge in [0.05, 0.1) is 24.8 Å². The zero-order valence-corrected chi connectivity index (χ0v) is 16.4. The largest absolute Gasteiger partial charge is 0.493 e. The summed E-state index contributed by atoms with van der Waals surface area (Å²) in [4.78, 5) is 8.46. The van der Waals surface area contributed by atoms with E-state index in [1.54, 1.807) is 42.7 Å². The van der Waals surface area contributed by atoms with Crippen LogP contribution in [-0.2, 0) is 10.0 Å². The summed E-state index contributed by atoms with van der Waals surface area (Å²) in [5.41, 5.74) is 1.92. The Morgan fingerprint density at radius 1 is 0.966 bits per heavy atom. The van der Waals surface area contributed by atoms with Crippen molar-refractivity contribution < 1.29 is 22.3 Å². The van der Waals surface area contributed by atoms with E-state index in [-0.39, 0.29) is 4.90 Å². The number of oxazole rings is 1. The van der Waals surface area contributed by atoms with Crippen molar-refractivity contribution in [1.29, 1.82) is 0 Å². The molecule has 0 amide bonds. The summed E-state index contributed by atoms with van der Waals surface area (Å²) in [5, 5.41) is 0.